The van der Waals surface area contributed by atoms with Gasteiger partial charge in [-0.1, -0.05) is 65.8 Å². The van der Waals surface area contributed by atoms with Gasteiger partial charge in [0, 0.05) is 29.8 Å². The van der Waals surface area contributed by atoms with E-state index in [1.165, 1.54) is 17.5 Å². The van der Waals surface area contributed by atoms with Crippen molar-refractivity contribution in [3.63, 3.8) is 0 Å². The van der Waals surface area contributed by atoms with Crippen LogP contribution in [0.2, 0.25) is 5.02 Å². The normalized spacial score (nSPS) is 19.8. The minimum absolute atomic E-state index is 0.343. The highest BCUT2D eigenvalue weighted by molar-refractivity contribution is 7.99. The Labute approximate surface area is 205 Å². The molecule has 2 aliphatic rings. The second-order valence-corrected chi connectivity index (χ2v) is 10.5. The molecule has 0 radical (unpaired) electrons. The van der Waals surface area contributed by atoms with Crippen LogP contribution in [0.4, 0.5) is 0 Å². The fourth-order valence-corrected chi connectivity index (χ4v) is 6.03. The number of halogens is 1. The lowest BCUT2D eigenvalue weighted by Crippen LogP contribution is -2.33. The maximum Gasteiger partial charge on any atom is 0.191 e. The number of rotatable bonds is 8. The van der Waals surface area contributed by atoms with Gasteiger partial charge in [0.1, 0.15) is 5.82 Å². The molecule has 0 aliphatic carbocycles. The van der Waals surface area contributed by atoms with Gasteiger partial charge in [0.25, 0.3) is 0 Å². The Morgan fingerprint density at radius 2 is 1.76 bits per heavy atom. The Kier molecular flexibility index (Phi) is 7.67. The molecule has 174 valence electrons. The second kappa shape index (κ2) is 11.0. The molecular formula is C26H31ClN4OS. The molecule has 1 aromatic heterocycles. The lowest BCUT2D eigenvalue weighted by molar-refractivity contribution is 0.129. The molecule has 5 nitrogen and oxygen atoms in total. The topological polar surface area (TPSA) is 43.2 Å². The summed E-state index contributed by atoms with van der Waals surface area (Å²) in [5.74, 6) is 2.52. The zero-order valence-corrected chi connectivity index (χ0v) is 20.5. The zero-order chi connectivity index (χ0) is 22.5. The first-order chi connectivity index (χ1) is 16.2. The first-order valence-corrected chi connectivity index (χ1v) is 13.3. The van der Waals surface area contributed by atoms with Gasteiger partial charge in [0.2, 0.25) is 0 Å². The van der Waals surface area contributed by atoms with Crippen LogP contribution in [-0.4, -0.2) is 51.2 Å². The van der Waals surface area contributed by atoms with Crippen LogP contribution in [0.5, 0.6) is 0 Å². The maximum absolute atomic E-state index is 6.17. The number of piperidine rings is 1. The third-order valence-corrected chi connectivity index (χ3v) is 7.93. The van der Waals surface area contributed by atoms with Crippen molar-refractivity contribution >= 4 is 23.4 Å². The first kappa shape index (κ1) is 22.9. The van der Waals surface area contributed by atoms with Gasteiger partial charge in [-0.15, -0.1) is 10.2 Å². The highest BCUT2D eigenvalue weighted by atomic mass is 35.5. The lowest BCUT2D eigenvalue weighted by Gasteiger charge is -2.31. The molecule has 33 heavy (non-hydrogen) atoms. The average Bonchev–Trinajstić information content (AvgIpc) is 3.49. The van der Waals surface area contributed by atoms with Crippen molar-refractivity contribution in [2.24, 2.45) is 0 Å². The van der Waals surface area contributed by atoms with Gasteiger partial charge in [0.15, 0.2) is 5.16 Å². The van der Waals surface area contributed by atoms with E-state index in [2.05, 4.69) is 57.0 Å². The highest BCUT2D eigenvalue weighted by Gasteiger charge is 2.27. The number of nitrogens with zero attached hydrogens (tertiary/aromatic N) is 4. The van der Waals surface area contributed by atoms with Gasteiger partial charge in [-0.05, 0) is 62.0 Å². The van der Waals surface area contributed by atoms with Crippen LogP contribution < -0.4 is 0 Å². The second-order valence-electron chi connectivity index (χ2n) is 9.04. The Hall–Kier alpha value is -1.86. The number of thioether (sulfide) groups is 1. The minimum Gasteiger partial charge on any atom is -0.377 e. The maximum atomic E-state index is 6.17. The molecule has 0 spiro atoms. The van der Waals surface area contributed by atoms with Crippen molar-refractivity contribution < 1.29 is 4.74 Å². The Bertz CT molecular complexity index is 1030. The van der Waals surface area contributed by atoms with E-state index >= 15 is 0 Å². The van der Waals surface area contributed by atoms with Crippen molar-refractivity contribution in [1.29, 1.82) is 0 Å². The Morgan fingerprint density at radius 1 is 0.939 bits per heavy atom. The number of likely N-dealkylation sites (tertiary alicyclic amines) is 1. The van der Waals surface area contributed by atoms with Crippen molar-refractivity contribution in [2.75, 3.05) is 25.4 Å². The van der Waals surface area contributed by atoms with E-state index in [4.69, 9.17) is 21.4 Å². The van der Waals surface area contributed by atoms with Crippen LogP contribution in [0, 0.1) is 0 Å². The summed E-state index contributed by atoms with van der Waals surface area (Å²) < 4.78 is 8.19. The van der Waals surface area contributed by atoms with Crippen molar-refractivity contribution in [1.82, 2.24) is 19.7 Å². The van der Waals surface area contributed by atoms with Crippen molar-refractivity contribution in [2.45, 2.75) is 56.0 Å². The van der Waals surface area contributed by atoms with Gasteiger partial charge in [-0.25, -0.2) is 0 Å². The Balaban J connectivity index is 1.27. The summed E-state index contributed by atoms with van der Waals surface area (Å²) in [4.78, 5) is 2.52. The molecule has 0 unspecified atom stereocenters. The summed E-state index contributed by atoms with van der Waals surface area (Å²) in [7, 11) is 0. The van der Waals surface area contributed by atoms with Crippen molar-refractivity contribution in [3.8, 4) is 0 Å². The number of hydrogen-bond acceptors (Lipinski definition) is 5. The molecule has 2 aliphatic heterocycles. The average molecular weight is 483 g/mol. The van der Waals surface area contributed by atoms with Crippen LogP contribution in [0.1, 0.15) is 48.6 Å². The fourth-order valence-electron chi connectivity index (χ4n) is 4.81. The highest BCUT2D eigenvalue weighted by Crippen LogP contribution is 2.31. The van der Waals surface area contributed by atoms with Gasteiger partial charge in [0.05, 0.1) is 12.6 Å². The molecule has 7 heteroatoms. The smallest absolute Gasteiger partial charge is 0.191 e. The fraction of sp³-hybridized carbons (Fsp3) is 0.462. The summed E-state index contributed by atoms with van der Waals surface area (Å²) in [6.45, 7) is 4.79. The monoisotopic (exact) mass is 482 g/mol. The molecule has 0 N–H and O–H groups in total. The van der Waals surface area contributed by atoms with E-state index in [0.29, 0.717) is 12.0 Å². The van der Waals surface area contributed by atoms with Crippen LogP contribution in [0.25, 0.3) is 0 Å². The van der Waals surface area contributed by atoms with E-state index in [1.54, 1.807) is 11.8 Å². The molecule has 2 fully saturated rings. The van der Waals surface area contributed by atoms with Crippen LogP contribution in [0.15, 0.2) is 59.8 Å². The van der Waals surface area contributed by atoms with Crippen LogP contribution in [0.3, 0.4) is 0 Å². The molecule has 0 saturated carbocycles. The summed E-state index contributed by atoms with van der Waals surface area (Å²) in [6.07, 6.45) is 4.86. The largest absolute Gasteiger partial charge is 0.377 e. The summed E-state index contributed by atoms with van der Waals surface area (Å²) in [5.41, 5.74) is 2.57. The van der Waals surface area contributed by atoms with Crippen LogP contribution >= 0.6 is 23.4 Å². The third kappa shape index (κ3) is 5.99. The molecule has 3 aromatic rings. The summed E-state index contributed by atoms with van der Waals surface area (Å²) >= 11 is 7.97. The molecular weight excluding hydrogens is 452 g/mol. The van der Waals surface area contributed by atoms with Crippen molar-refractivity contribution in [3.05, 3.63) is 76.6 Å². The summed E-state index contributed by atoms with van der Waals surface area (Å²) in [6, 6.07) is 18.8. The first-order valence-electron chi connectivity index (χ1n) is 11.9. The van der Waals surface area contributed by atoms with Gasteiger partial charge in [-0.3, -0.25) is 4.90 Å². The predicted octanol–water partition coefficient (Wildman–Crippen LogP) is 5.63. The number of hydrogen-bond donors (Lipinski definition) is 0. The van der Waals surface area contributed by atoms with Gasteiger partial charge in [-0.2, -0.15) is 0 Å². The molecule has 1 atom stereocenters. The van der Waals surface area contributed by atoms with Gasteiger partial charge < -0.3 is 9.30 Å². The molecule has 0 amide bonds. The lowest BCUT2D eigenvalue weighted by atomic mass is 9.95. The minimum atomic E-state index is 0.343. The van der Waals surface area contributed by atoms with E-state index in [0.717, 1.165) is 73.8 Å². The molecule has 3 heterocycles. The Morgan fingerprint density at radius 3 is 2.52 bits per heavy atom. The van der Waals surface area contributed by atoms with Crippen LogP contribution in [-0.2, 0) is 17.8 Å². The SMILES string of the molecule is Clc1cccc(CN2CCC(c3nnc(SC[C@H]4CCCO4)n3Cc3ccccc3)CC2)c1. The zero-order valence-electron chi connectivity index (χ0n) is 18.9. The number of aromatic nitrogens is 3. The molecule has 2 aromatic carbocycles. The van der Waals surface area contributed by atoms with E-state index in [-0.39, 0.29) is 0 Å². The predicted molar refractivity (Wildman–Crippen MR) is 134 cm³/mol. The number of ether oxygens (including phenoxy) is 1. The van der Waals surface area contributed by atoms with E-state index in [1.807, 2.05) is 12.1 Å². The quantitative estimate of drug-likeness (QED) is 0.389. The molecule has 2 saturated heterocycles. The third-order valence-electron chi connectivity index (χ3n) is 6.60. The standard InChI is InChI=1S/C26H31ClN4OS/c27-23-9-4-8-21(16-23)17-30-13-11-22(12-14-30)25-28-29-26(33-19-24-10-5-15-32-24)31(25)18-20-6-2-1-3-7-20/h1-4,6-9,16,22,24H,5,10-15,17-19H2/t24-/m1/s1. The molecule has 5 rings (SSSR count). The van der Waals surface area contributed by atoms with E-state index in [9.17, 15) is 0 Å². The summed E-state index contributed by atoms with van der Waals surface area (Å²) in [5, 5.41) is 11.2. The van der Waals surface area contributed by atoms with Gasteiger partial charge >= 0.3 is 0 Å². The molecule has 0 bridgehead atoms. The number of benzene rings is 2. The van der Waals surface area contributed by atoms with E-state index < -0.39 is 0 Å².